The molecule has 0 aliphatic heterocycles. The van der Waals surface area contributed by atoms with Gasteiger partial charge in [0.25, 0.3) is 0 Å². The Hall–Kier alpha value is -2.80. The van der Waals surface area contributed by atoms with Gasteiger partial charge in [-0.15, -0.1) is 10.2 Å². The smallest absolute Gasteiger partial charge is 0.200 e. The molecule has 0 saturated heterocycles. The van der Waals surface area contributed by atoms with E-state index in [1.165, 1.54) is 5.56 Å². The van der Waals surface area contributed by atoms with Crippen LogP contribution in [-0.2, 0) is 12.3 Å². The Balaban J connectivity index is 1.51. The van der Waals surface area contributed by atoms with Gasteiger partial charge in [-0.25, -0.2) is 4.68 Å². The fourth-order valence-electron chi connectivity index (χ4n) is 2.83. The Morgan fingerprint density at radius 2 is 1.93 bits per heavy atom. The molecule has 3 heterocycles. The monoisotopic (exact) mass is 379 g/mol. The van der Waals surface area contributed by atoms with Crippen LogP contribution in [0.1, 0.15) is 19.4 Å². The van der Waals surface area contributed by atoms with Crippen molar-refractivity contribution in [2.24, 2.45) is 5.92 Å². The van der Waals surface area contributed by atoms with Gasteiger partial charge in [0.15, 0.2) is 16.7 Å². The maximum Gasteiger partial charge on any atom is 0.200 e. The molecule has 0 radical (unpaired) electrons. The minimum atomic E-state index is 0.488. The van der Waals surface area contributed by atoms with Gasteiger partial charge in [0, 0.05) is 24.7 Å². The van der Waals surface area contributed by atoms with Crippen LogP contribution in [0.15, 0.2) is 70.7 Å². The quantitative estimate of drug-likeness (QED) is 0.437. The third-order valence-electron chi connectivity index (χ3n) is 4.08. The number of aromatic nitrogens is 5. The van der Waals surface area contributed by atoms with E-state index >= 15 is 0 Å². The number of rotatable bonds is 7. The van der Waals surface area contributed by atoms with E-state index in [1.54, 1.807) is 24.2 Å². The second-order valence-corrected chi connectivity index (χ2v) is 7.64. The van der Waals surface area contributed by atoms with Crippen LogP contribution in [-0.4, -0.2) is 24.5 Å². The van der Waals surface area contributed by atoms with E-state index in [4.69, 9.17) is 4.42 Å². The molecule has 4 rings (SSSR count). The molecule has 1 aromatic carbocycles. The molecule has 6 nitrogen and oxygen atoms in total. The van der Waals surface area contributed by atoms with Crippen molar-refractivity contribution in [3.05, 3.63) is 66.7 Å². The van der Waals surface area contributed by atoms with E-state index in [1.807, 2.05) is 29.1 Å². The predicted molar refractivity (Wildman–Crippen MR) is 106 cm³/mol. The first-order valence-corrected chi connectivity index (χ1v) is 9.88. The van der Waals surface area contributed by atoms with Gasteiger partial charge < -0.3 is 4.42 Å². The van der Waals surface area contributed by atoms with Crippen molar-refractivity contribution in [1.82, 2.24) is 24.5 Å². The lowest BCUT2D eigenvalue weighted by Crippen LogP contribution is -2.07. The fourth-order valence-corrected chi connectivity index (χ4v) is 3.73. The minimum absolute atomic E-state index is 0.488. The molecule has 27 heavy (non-hydrogen) atoms. The van der Waals surface area contributed by atoms with Crippen LogP contribution in [0.25, 0.3) is 17.3 Å². The van der Waals surface area contributed by atoms with Crippen LogP contribution in [0, 0.1) is 5.92 Å². The fraction of sp³-hybridized carbons (Fsp3) is 0.250. The molecule has 0 bridgehead atoms. The first-order valence-electron chi connectivity index (χ1n) is 8.89. The standard InChI is InChI=1S/C20H21N5OS/c1-15(2)13-24-19(18-5-3-12-26-18)22-23-20(24)27-14-16-6-8-17(9-7-16)25-11-4-10-21-25/h3-12,15H,13-14H2,1-2H3. The average Bonchev–Trinajstić information content (AvgIpc) is 3.42. The zero-order valence-corrected chi connectivity index (χ0v) is 16.1. The van der Waals surface area contributed by atoms with Crippen molar-refractivity contribution >= 4 is 11.8 Å². The van der Waals surface area contributed by atoms with Crippen molar-refractivity contribution < 1.29 is 4.42 Å². The molecule has 7 heteroatoms. The van der Waals surface area contributed by atoms with Gasteiger partial charge in [-0.3, -0.25) is 4.57 Å². The minimum Gasteiger partial charge on any atom is -0.461 e. The van der Waals surface area contributed by atoms with Crippen molar-refractivity contribution in [3.63, 3.8) is 0 Å². The Labute approximate surface area is 162 Å². The molecular weight excluding hydrogens is 358 g/mol. The Kier molecular flexibility index (Phi) is 5.11. The van der Waals surface area contributed by atoms with Gasteiger partial charge in [-0.1, -0.05) is 37.7 Å². The van der Waals surface area contributed by atoms with Crippen LogP contribution < -0.4 is 0 Å². The van der Waals surface area contributed by atoms with Gasteiger partial charge in [0.1, 0.15) is 0 Å². The highest BCUT2D eigenvalue weighted by atomic mass is 32.2. The summed E-state index contributed by atoms with van der Waals surface area (Å²) < 4.78 is 9.52. The van der Waals surface area contributed by atoms with E-state index in [-0.39, 0.29) is 0 Å². The van der Waals surface area contributed by atoms with Crippen LogP contribution in [0.2, 0.25) is 0 Å². The summed E-state index contributed by atoms with van der Waals surface area (Å²) in [6, 6.07) is 14.1. The maximum absolute atomic E-state index is 5.53. The largest absolute Gasteiger partial charge is 0.461 e. The van der Waals surface area contributed by atoms with Gasteiger partial charge >= 0.3 is 0 Å². The van der Waals surface area contributed by atoms with Gasteiger partial charge in [-0.2, -0.15) is 5.10 Å². The van der Waals surface area contributed by atoms with Crippen molar-refractivity contribution in [3.8, 4) is 17.3 Å². The molecule has 4 aromatic rings. The van der Waals surface area contributed by atoms with E-state index in [0.29, 0.717) is 5.92 Å². The number of benzene rings is 1. The summed E-state index contributed by atoms with van der Waals surface area (Å²) >= 11 is 1.69. The highest BCUT2D eigenvalue weighted by molar-refractivity contribution is 7.98. The molecule has 0 aliphatic carbocycles. The zero-order valence-electron chi connectivity index (χ0n) is 15.3. The van der Waals surface area contributed by atoms with E-state index in [9.17, 15) is 0 Å². The van der Waals surface area contributed by atoms with Crippen LogP contribution >= 0.6 is 11.8 Å². The van der Waals surface area contributed by atoms with E-state index < -0.39 is 0 Å². The number of thioether (sulfide) groups is 1. The maximum atomic E-state index is 5.53. The predicted octanol–water partition coefficient (Wildman–Crippen LogP) is 4.67. The van der Waals surface area contributed by atoms with Crippen molar-refractivity contribution in [2.45, 2.75) is 31.3 Å². The second-order valence-electron chi connectivity index (χ2n) is 6.69. The van der Waals surface area contributed by atoms with Gasteiger partial charge in [0.2, 0.25) is 0 Å². The normalized spacial score (nSPS) is 11.4. The molecule has 0 amide bonds. The molecule has 138 valence electrons. The summed E-state index contributed by atoms with van der Waals surface area (Å²) in [4.78, 5) is 0. The summed E-state index contributed by atoms with van der Waals surface area (Å²) in [6.07, 6.45) is 5.38. The van der Waals surface area contributed by atoms with Crippen molar-refractivity contribution in [2.75, 3.05) is 0 Å². The summed E-state index contributed by atoms with van der Waals surface area (Å²) in [5, 5.41) is 13.9. The molecule has 0 unspecified atom stereocenters. The average molecular weight is 379 g/mol. The molecule has 0 saturated carbocycles. The highest BCUT2D eigenvalue weighted by Gasteiger charge is 2.17. The third kappa shape index (κ3) is 3.98. The molecule has 3 aromatic heterocycles. The van der Waals surface area contributed by atoms with Crippen molar-refractivity contribution in [1.29, 1.82) is 0 Å². The molecule has 0 spiro atoms. The lowest BCUT2D eigenvalue weighted by atomic mass is 10.2. The van der Waals surface area contributed by atoms with Gasteiger partial charge in [0.05, 0.1) is 12.0 Å². The number of hydrogen-bond acceptors (Lipinski definition) is 5. The Bertz CT molecular complexity index is 972. The van der Waals surface area contributed by atoms with Crippen LogP contribution in [0.3, 0.4) is 0 Å². The number of hydrogen-bond donors (Lipinski definition) is 0. The zero-order chi connectivity index (χ0) is 18.6. The third-order valence-corrected chi connectivity index (χ3v) is 5.12. The van der Waals surface area contributed by atoms with E-state index in [0.717, 1.165) is 34.7 Å². The number of furan rings is 1. The van der Waals surface area contributed by atoms with E-state index in [2.05, 4.69) is 58.0 Å². The molecule has 0 aliphatic rings. The SMILES string of the molecule is CC(C)Cn1c(SCc2ccc(-n3cccn3)cc2)nnc1-c1ccco1. The summed E-state index contributed by atoms with van der Waals surface area (Å²) in [6.45, 7) is 5.23. The molecule has 0 fully saturated rings. The Morgan fingerprint density at radius 1 is 1.07 bits per heavy atom. The molecule has 0 atom stereocenters. The highest BCUT2D eigenvalue weighted by Crippen LogP contribution is 2.27. The second kappa shape index (κ2) is 7.84. The summed E-state index contributed by atoms with van der Waals surface area (Å²) in [5.41, 5.74) is 2.28. The Morgan fingerprint density at radius 3 is 2.59 bits per heavy atom. The van der Waals surface area contributed by atoms with Crippen LogP contribution in [0.4, 0.5) is 0 Å². The summed E-state index contributed by atoms with van der Waals surface area (Å²) in [5.74, 6) is 2.85. The topological polar surface area (TPSA) is 61.7 Å². The number of nitrogens with zero attached hydrogens (tertiary/aromatic N) is 5. The first-order chi connectivity index (χ1) is 13.2. The van der Waals surface area contributed by atoms with Gasteiger partial charge in [-0.05, 0) is 41.8 Å². The lowest BCUT2D eigenvalue weighted by Gasteiger charge is -2.11. The van der Waals surface area contributed by atoms with Crippen LogP contribution in [0.5, 0.6) is 0 Å². The lowest BCUT2D eigenvalue weighted by molar-refractivity contribution is 0.489. The summed E-state index contributed by atoms with van der Waals surface area (Å²) in [7, 11) is 0. The molecule has 0 N–H and O–H groups in total. The molecular formula is C20H21N5OS. The first kappa shape index (κ1) is 17.6.